The van der Waals surface area contributed by atoms with Crippen LogP contribution in [0.3, 0.4) is 0 Å². The fourth-order valence-electron chi connectivity index (χ4n) is 3.47. The standard InChI is InChI=1S/C22H22F3N5O4S2/c1-21(2,17-10-35-20(29-17)30-36(32,33)13-4-5-13)15-7-12(19(26)31)3-6-14(15)16-8-27-9-18(28-16)34-11-22(23,24)25/h3,6-10,13H,4-5,11H2,1-2H3,(H2,26,31)(H,29,30). The second-order valence-corrected chi connectivity index (χ2v) is 11.6. The number of hydrogen-bond acceptors (Lipinski definition) is 8. The highest BCUT2D eigenvalue weighted by atomic mass is 32.2. The Morgan fingerprint density at radius 2 is 1.94 bits per heavy atom. The molecule has 0 bridgehead atoms. The van der Waals surface area contributed by atoms with Gasteiger partial charge in [-0.2, -0.15) is 13.2 Å². The van der Waals surface area contributed by atoms with Crippen molar-refractivity contribution in [1.82, 2.24) is 15.0 Å². The molecule has 1 fully saturated rings. The number of ether oxygens (including phenoxy) is 1. The molecule has 0 atom stereocenters. The predicted octanol–water partition coefficient (Wildman–Crippen LogP) is 3.87. The maximum atomic E-state index is 12.6. The molecule has 1 amide bonds. The number of hydrogen-bond donors (Lipinski definition) is 2. The van der Waals surface area contributed by atoms with E-state index >= 15 is 0 Å². The van der Waals surface area contributed by atoms with Crippen molar-refractivity contribution in [2.75, 3.05) is 11.3 Å². The highest BCUT2D eigenvalue weighted by Gasteiger charge is 2.37. The first-order valence-corrected chi connectivity index (χ1v) is 13.1. The molecule has 1 aliphatic carbocycles. The van der Waals surface area contributed by atoms with Crippen LogP contribution in [0.25, 0.3) is 11.3 Å². The third kappa shape index (κ3) is 5.75. The topological polar surface area (TPSA) is 137 Å². The number of aromatic nitrogens is 3. The van der Waals surface area contributed by atoms with Gasteiger partial charge in [0.05, 0.1) is 29.0 Å². The van der Waals surface area contributed by atoms with Crippen molar-refractivity contribution in [2.45, 2.75) is 43.5 Å². The molecule has 3 aromatic rings. The monoisotopic (exact) mass is 541 g/mol. The van der Waals surface area contributed by atoms with E-state index in [1.165, 1.54) is 12.3 Å². The summed E-state index contributed by atoms with van der Waals surface area (Å²) in [4.78, 5) is 24.5. The lowest BCUT2D eigenvalue weighted by atomic mass is 9.78. The molecule has 1 aliphatic rings. The minimum absolute atomic E-state index is 0.198. The zero-order valence-corrected chi connectivity index (χ0v) is 20.8. The van der Waals surface area contributed by atoms with Crippen molar-refractivity contribution < 1.29 is 31.1 Å². The highest BCUT2D eigenvalue weighted by Crippen LogP contribution is 2.40. The molecule has 0 radical (unpaired) electrons. The van der Waals surface area contributed by atoms with Crippen LogP contribution in [0.4, 0.5) is 18.3 Å². The number of alkyl halides is 3. The van der Waals surface area contributed by atoms with E-state index in [2.05, 4.69) is 19.7 Å². The Hall–Kier alpha value is -3.26. The van der Waals surface area contributed by atoms with Gasteiger partial charge in [0.15, 0.2) is 11.7 Å². The van der Waals surface area contributed by atoms with Crippen molar-refractivity contribution in [3.05, 3.63) is 52.8 Å². The molecule has 0 aliphatic heterocycles. The first-order chi connectivity index (χ1) is 16.8. The van der Waals surface area contributed by atoms with Crippen LogP contribution >= 0.6 is 11.3 Å². The van der Waals surface area contributed by atoms with Crippen LogP contribution in [0.5, 0.6) is 5.88 Å². The average molecular weight is 542 g/mol. The van der Waals surface area contributed by atoms with E-state index in [0.29, 0.717) is 29.7 Å². The number of thiazole rings is 1. The number of nitrogens with zero attached hydrogens (tertiary/aromatic N) is 3. The van der Waals surface area contributed by atoms with Gasteiger partial charge in [0, 0.05) is 21.9 Å². The molecule has 1 saturated carbocycles. The van der Waals surface area contributed by atoms with E-state index < -0.39 is 39.4 Å². The lowest BCUT2D eigenvalue weighted by molar-refractivity contribution is -0.154. The number of nitrogens with one attached hydrogen (secondary N) is 1. The Labute approximate surface area is 209 Å². The summed E-state index contributed by atoms with van der Waals surface area (Å²) in [5, 5.41) is 1.49. The van der Waals surface area contributed by atoms with Crippen molar-refractivity contribution in [1.29, 1.82) is 0 Å². The van der Waals surface area contributed by atoms with Crippen LogP contribution in [0, 0.1) is 0 Å². The molecule has 3 N–H and O–H groups in total. The molecule has 4 rings (SSSR count). The number of benzene rings is 1. The summed E-state index contributed by atoms with van der Waals surface area (Å²) >= 11 is 1.12. The zero-order valence-electron chi connectivity index (χ0n) is 19.2. The van der Waals surface area contributed by atoms with E-state index in [1.807, 2.05) is 13.8 Å². The molecule has 0 unspecified atom stereocenters. The van der Waals surface area contributed by atoms with Gasteiger partial charge in [-0.05, 0) is 30.5 Å². The third-order valence-corrected chi connectivity index (χ3v) is 8.30. The van der Waals surface area contributed by atoms with Crippen molar-refractivity contribution in [3.63, 3.8) is 0 Å². The van der Waals surface area contributed by atoms with Crippen LogP contribution in [0.2, 0.25) is 0 Å². The maximum Gasteiger partial charge on any atom is 0.422 e. The van der Waals surface area contributed by atoms with Crippen LogP contribution in [0.15, 0.2) is 36.0 Å². The number of nitrogens with two attached hydrogens (primary N) is 1. The fraction of sp³-hybridized carbons (Fsp3) is 0.364. The number of halogens is 3. The van der Waals surface area contributed by atoms with Gasteiger partial charge in [-0.1, -0.05) is 19.9 Å². The Bertz CT molecular complexity index is 1400. The van der Waals surface area contributed by atoms with Gasteiger partial charge >= 0.3 is 6.18 Å². The molecule has 9 nitrogen and oxygen atoms in total. The van der Waals surface area contributed by atoms with Crippen LogP contribution < -0.4 is 15.2 Å². The summed E-state index contributed by atoms with van der Waals surface area (Å²) in [6, 6.07) is 4.59. The smallest absolute Gasteiger partial charge is 0.422 e. The van der Waals surface area contributed by atoms with E-state index in [9.17, 15) is 26.4 Å². The summed E-state index contributed by atoms with van der Waals surface area (Å²) in [5.74, 6) is -0.999. The van der Waals surface area contributed by atoms with E-state index in [4.69, 9.17) is 10.5 Å². The van der Waals surface area contributed by atoms with Crippen molar-refractivity contribution in [3.8, 4) is 17.1 Å². The molecular formula is C22H22F3N5O4S2. The first-order valence-electron chi connectivity index (χ1n) is 10.7. The van der Waals surface area contributed by atoms with Gasteiger partial charge in [-0.15, -0.1) is 11.3 Å². The third-order valence-electron chi connectivity index (χ3n) is 5.59. The van der Waals surface area contributed by atoms with E-state index in [1.54, 1.807) is 17.5 Å². The van der Waals surface area contributed by atoms with Crippen LogP contribution in [0.1, 0.15) is 48.3 Å². The Morgan fingerprint density at radius 1 is 1.22 bits per heavy atom. The highest BCUT2D eigenvalue weighted by molar-refractivity contribution is 7.93. The normalized spacial score (nSPS) is 14.5. The van der Waals surface area contributed by atoms with E-state index in [0.717, 1.165) is 17.5 Å². The van der Waals surface area contributed by atoms with Gasteiger partial charge in [0.25, 0.3) is 0 Å². The molecule has 2 aromatic heterocycles. The number of sulfonamides is 1. The second kappa shape index (κ2) is 9.32. The molecular weight excluding hydrogens is 519 g/mol. The predicted molar refractivity (Wildman–Crippen MR) is 127 cm³/mol. The summed E-state index contributed by atoms with van der Waals surface area (Å²) in [6.45, 7) is 2.09. The number of primary amides is 1. The van der Waals surface area contributed by atoms with Crippen molar-refractivity contribution in [2.24, 2.45) is 5.73 Å². The first kappa shape index (κ1) is 25.8. The zero-order chi connectivity index (χ0) is 26.3. The molecule has 0 saturated heterocycles. The summed E-state index contributed by atoms with van der Waals surface area (Å²) in [5.41, 5.74) is 6.48. The number of rotatable bonds is 9. The van der Waals surface area contributed by atoms with Gasteiger partial charge in [0.2, 0.25) is 21.8 Å². The van der Waals surface area contributed by atoms with Gasteiger partial charge in [-0.25, -0.2) is 18.4 Å². The van der Waals surface area contributed by atoms with Gasteiger partial charge in [0.1, 0.15) is 0 Å². The SMILES string of the molecule is CC(C)(c1csc(NS(=O)(=O)C2CC2)n1)c1cc(C(N)=O)ccc1-c1cncc(OCC(F)(F)F)n1. The van der Waals surface area contributed by atoms with Crippen molar-refractivity contribution >= 4 is 32.4 Å². The Balaban J connectivity index is 1.73. The van der Waals surface area contributed by atoms with Gasteiger partial charge in [-0.3, -0.25) is 14.5 Å². The fourth-order valence-corrected chi connectivity index (χ4v) is 5.95. The Kier molecular flexibility index (Phi) is 6.68. The second-order valence-electron chi connectivity index (χ2n) is 8.78. The largest absolute Gasteiger partial charge is 0.467 e. The molecule has 0 spiro atoms. The molecule has 192 valence electrons. The number of carbonyl (C=O) groups is 1. The van der Waals surface area contributed by atoms with Crippen LogP contribution in [-0.4, -0.2) is 47.3 Å². The molecule has 14 heteroatoms. The lowest BCUT2D eigenvalue weighted by Crippen LogP contribution is -2.23. The minimum atomic E-state index is -4.54. The van der Waals surface area contributed by atoms with E-state index in [-0.39, 0.29) is 22.3 Å². The van der Waals surface area contributed by atoms with Gasteiger partial charge < -0.3 is 10.5 Å². The summed E-state index contributed by atoms with van der Waals surface area (Å²) < 4.78 is 69.6. The minimum Gasteiger partial charge on any atom is -0.467 e. The number of carbonyl (C=O) groups excluding carboxylic acids is 1. The quantitative estimate of drug-likeness (QED) is 0.420. The lowest BCUT2D eigenvalue weighted by Gasteiger charge is -2.26. The molecule has 2 heterocycles. The average Bonchev–Trinajstić information content (AvgIpc) is 3.57. The number of anilines is 1. The summed E-state index contributed by atoms with van der Waals surface area (Å²) in [6.07, 6.45) is -0.909. The Morgan fingerprint density at radius 3 is 2.58 bits per heavy atom. The maximum absolute atomic E-state index is 12.6. The molecule has 36 heavy (non-hydrogen) atoms. The van der Waals surface area contributed by atoms with Crippen LogP contribution in [-0.2, 0) is 15.4 Å². The molecule has 1 aromatic carbocycles. The summed E-state index contributed by atoms with van der Waals surface area (Å²) in [7, 11) is -3.50. The number of amides is 1.